The van der Waals surface area contributed by atoms with Crippen LogP contribution in [0.3, 0.4) is 0 Å². The smallest absolute Gasteiger partial charge is 0.744 e. The second kappa shape index (κ2) is 7.13. The molecule has 0 saturated heterocycles. The van der Waals surface area contributed by atoms with Gasteiger partial charge in [-0.3, -0.25) is 0 Å². The van der Waals surface area contributed by atoms with Crippen LogP contribution in [-0.4, -0.2) is 23.7 Å². The molecule has 0 unspecified atom stereocenters. The minimum absolute atomic E-state index is 0. The van der Waals surface area contributed by atoms with E-state index in [0.717, 1.165) is 28.2 Å². The maximum atomic E-state index is 10.9. The number of fused-ring (bicyclic) bond motifs is 1. The monoisotopic (exact) mass is 364 g/mol. The van der Waals surface area contributed by atoms with Crippen molar-refractivity contribution in [2.45, 2.75) is 31.1 Å². The summed E-state index contributed by atoms with van der Waals surface area (Å²) in [6, 6.07) is 7.88. The van der Waals surface area contributed by atoms with E-state index in [2.05, 4.69) is 29.9 Å². The first-order valence-corrected chi connectivity index (χ1v) is 8.89. The fourth-order valence-corrected chi connectivity index (χ4v) is 3.01. The van der Waals surface area contributed by atoms with Gasteiger partial charge in [0.05, 0.1) is 4.90 Å². The van der Waals surface area contributed by atoms with E-state index in [9.17, 15) is 13.0 Å². The fraction of sp³-hybridized carbons (Fsp3) is 0.222. The molecule has 3 rings (SSSR count). The van der Waals surface area contributed by atoms with Gasteiger partial charge in [0.1, 0.15) is 10.1 Å². The van der Waals surface area contributed by atoms with Crippen molar-refractivity contribution in [3.63, 3.8) is 0 Å². The summed E-state index contributed by atoms with van der Waals surface area (Å²) in [6.07, 6.45) is 5.50. The first kappa shape index (κ1) is 20.0. The second-order valence-corrected chi connectivity index (χ2v) is 7.70. The van der Waals surface area contributed by atoms with Crippen molar-refractivity contribution in [1.29, 1.82) is 0 Å². The summed E-state index contributed by atoms with van der Waals surface area (Å²) in [5.41, 5.74) is 3.74. The van der Waals surface area contributed by atoms with E-state index in [-0.39, 0.29) is 39.9 Å². The van der Waals surface area contributed by atoms with Gasteiger partial charge in [0.15, 0.2) is 5.82 Å². The molecule has 0 bridgehead atoms. The zero-order valence-corrected chi connectivity index (χ0v) is 17.5. The van der Waals surface area contributed by atoms with E-state index in [1.165, 1.54) is 12.1 Å². The molecule has 7 heteroatoms. The minimum atomic E-state index is -4.41. The van der Waals surface area contributed by atoms with Crippen LogP contribution < -0.4 is 29.6 Å². The maximum Gasteiger partial charge on any atom is 1.00 e. The van der Waals surface area contributed by atoms with Crippen LogP contribution in [0.1, 0.15) is 37.5 Å². The molecule has 2 aromatic rings. The Morgan fingerprint density at radius 3 is 2.28 bits per heavy atom. The standard InChI is InChI=1S/C18H18N2O3S.Na/c1-12-18(2,3)16-10-14(11-19-17(16)20-12)5-4-13-6-8-15(9-7-13)24(21,22)23;/h4-11H,1-3H3,(H,21,22,23);/q;+1/p-1/b5-4+;. The summed E-state index contributed by atoms with van der Waals surface area (Å²) in [4.78, 5) is 8.67. The van der Waals surface area contributed by atoms with Crippen LogP contribution in [0, 0.1) is 0 Å². The van der Waals surface area contributed by atoms with Gasteiger partial charge in [-0.1, -0.05) is 38.1 Å². The molecule has 0 aliphatic carbocycles. The van der Waals surface area contributed by atoms with Crippen molar-refractivity contribution in [2.75, 3.05) is 0 Å². The van der Waals surface area contributed by atoms with E-state index in [4.69, 9.17) is 0 Å². The molecule has 0 amide bonds. The summed E-state index contributed by atoms with van der Waals surface area (Å²) in [6.45, 7) is 6.24. The van der Waals surface area contributed by atoms with Gasteiger partial charge >= 0.3 is 29.6 Å². The van der Waals surface area contributed by atoms with Crippen molar-refractivity contribution in [3.05, 3.63) is 53.2 Å². The van der Waals surface area contributed by atoms with Crippen molar-refractivity contribution in [1.82, 2.24) is 4.98 Å². The number of nitrogens with zero attached hydrogens (tertiary/aromatic N) is 2. The summed E-state index contributed by atoms with van der Waals surface area (Å²) >= 11 is 0. The molecule has 0 fully saturated rings. The first-order chi connectivity index (χ1) is 11.2. The third-order valence-corrected chi connectivity index (χ3v) is 5.23. The fourth-order valence-electron chi connectivity index (χ4n) is 2.55. The molecular weight excluding hydrogens is 347 g/mol. The summed E-state index contributed by atoms with van der Waals surface area (Å²) in [7, 11) is -4.41. The van der Waals surface area contributed by atoms with Gasteiger partial charge < -0.3 is 4.55 Å². The number of pyridine rings is 1. The Morgan fingerprint density at radius 2 is 1.68 bits per heavy atom. The Hall–Kier alpha value is -1.31. The van der Waals surface area contributed by atoms with E-state index < -0.39 is 10.1 Å². The molecule has 0 saturated carbocycles. The molecule has 2 heterocycles. The van der Waals surface area contributed by atoms with Crippen LogP contribution in [0.2, 0.25) is 0 Å². The molecular formula is C18H17N2NaO3S. The van der Waals surface area contributed by atoms with Crippen LogP contribution in [-0.2, 0) is 15.5 Å². The summed E-state index contributed by atoms with van der Waals surface area (Å²) < 4.78 is 32.8. The number of hydrogen-bond acceptors (Lipinski definition) is 5. The molecule has 1 aromatic carbocycles. The van der Waals surface area contributed by atoms with Crippen molar-refractivity contribution < 1.29 is 42.5 Å². The van der Waals surface area contributed by atoms with Crippen LogP contribution in [0.4, 0.5) is 5.82 Å². The zero-order chi connectivity index (χ0) is 17.5. The third kappa shape index (κ3) is 4.10. The largest absolute Gasteiger partial charge is 1.00 e. The second-order valence-electron chi connectivity index (χ2n) is 6.32. The van der Waals surface area contributed by atoms with Crippen LogP contribution in [0.25, 0.3) is 12.2 Å². The first-order valence-electron chi connectivity index (χ1n) is 7.48. The molecule has 0 N–H and O–H groups in total. The van der Waals surface area contributed by atoms with Crippen molar-refractivity contribution in [3.8, 4) is 0 Å². The Balaban J connectivity index is 0.00000225. The number of aliphatic imine (C=N–C) groups is 1. The number of hydrogen-bond donors (Lipinski definition) is 0. The van der Waals surface area contributed by atoms with Gasteiger partial charge in [-0.15, -0.1) is 0 Å². The Labute approximate surface area is 170 Å². The predicted molar refractivity (Wildman–Crippen MR) is 93.4 cm³/mol. The van der Waals surface area contributed by atoms with Crippen LogP contribution in [0.5, 0.6) is 0 Å². The van der Waals surface area contributed by atoms with E-state index in [0.29, 0.717) is 0 Å². The Kier molecular flexibility index (Phi) is 5.71. The topological polar surface area (TPSA) is 82.5 Å². The minimum Gasteiger partial charge on any atom is -0.744 e. The van der Waals surface area contributed by atoms with Gasteiger partial charge in [0.25, 0.3) is 0 Å². The summed E-state index contributed by atoms with van der Waals surface area (Å²) in [5.74, 6) is 0.764. The van der Waals surface area contributed by atoms with E-state index in [1.807, 2.05) is 19.1 Å². The zero-order valence-electron chi connectivity index (χ0n) is 14.6. The van der Waals surface area contributed by atoms with Crippen LogP contribution in [0.15, 0.2) is 46.4 Å². The van der Waals surface area contributed by atoms with Gasteiger partial charge in [-0.2, -0.15) is 0 Å². The number of rotatable bonds is 3. The van der Waals surface area contributed by atoms with Crippen molar-refractivity contribution >= 4 is 33.8 Å². The van der Waals surface area contributed by atoms with Crippen molar-refractivity contribution in [2.24, 2.45) is 4.99 Å². The normalized spacial score (nSPS) is 15.6. The SMILES string of the molecule is CC1=Nc2ncc(/C=C/c3ccc(S(=O)(=O)[O-])cc3)cc2C1(C)C.[Na+]. The van der Waals surface area contributed by atoms with E-state index >= 15 is 0 Å². The predicted octanol–water partition coefficient (Wildman–Crippen LogP) is 0.544. The molecule has 0 spiro atoms. The third-order valence-electron chi connectivity index (χ3n) is 4.38. The molecule has 124 valence electrons. The average Bonchev–Trinajstić information content (AvgIpc) is 2.75. The Morgan fingerprint density at radius 1 is 1.08 bits per heavy atom. The molecule has 5 nitrogen and oxygen atoms in total. The van der Waals surface area contributed by atoms with Gasteiger partial charge in [0, 0.05) is 22.9 Å². The van der Waals surface area contributed by atoms with Crippen LogP contribution >= 0.6 is 0 Å². The number of benzene rings is 1. The molecule has 1 aliphatic rings. The molecule has 0 atom stereocenters. The quantitative estimate of drug-likeness (QED) is 0.588. The molecule has 0 radical (unpaired) electrons. The van der Waals surface area contributed by atoms with Gasteiger partial charge in [0.2, 0.25) is 0 Å². The Bertz CT molecular complexity index is 962. The molecule has 25 heavy (non-hydrogen) atoms. The average molecular weight is 364 g/mol. The van der Waals surface area contributed by atoms with E-state index in [1.54, 1.807) is 18.3 Å². The number of aromatic nitrogens is 1. The maximum absolute atomic E-state index is 10.9. The van der Waals surface area contributed by atoms with Gasteiger partial charge in [-0.25, -0.2) is 18.4 Å². The molecule has 1 aromatic heterocycles. The molecule has 1 aliphatic heterocycles. The van der Waals surface area contributed by atoms with Gasteiger partial charge in [-0.05, 0) is 36.2 Å². The summed E-state index contributed by atoms with van der Waals surface area (Å²) in [5, 5.41) is 0.